The van der Waals surface area contributed by atoms with Gasteiger partial charge in [-0.1, -0.05) is 37.3 Å². The van der Waals surface area contributed by atoms with E-state index in [0.29, 0.717) is 11.8 Å². The first-order chi connectivity index (χ1) is 15.0. The standard InChI is InChI=1S/C23H25N5O2S/c1-4-17(21-24-12-18(27-21)16-8-6-5-7-9-16)26-19(29)10-11-28-13-25-22-20(23(28)30)14(2)15(3)31-22/h5-9,12-13,17H,4,10-11H2,1-3H3,(H,24,27)(H,26,29). The fourth-order valence-corrected chi connectivity index (χ4v) is 4.55. The van der Waals surface area contributed by atoms with Crippen molar-refractivity contribution < 1.29 is 4.79 Å². The fraction of sp³-hybridized carbons (Fsp3) is 0.304. The molecule has 1 unspecified atom stereocenters. The lowest BCUT2D eigenvalue weighted by atomic mass is 10.2. The van der Waals surface area contributed by atoms with Gasteiger partial charge in [-0.2, -0.15) is 0 Å². The van der Waals surface area contributed by atoms with Gasteiger partial charge in [0.05, 0.1) is 29.6 Å². The molecule has 2 N–H and O–H groups in total. The number of H-pyrrole nitrogens is 1. The monoisotopic (exact) mass is 435 g/mol. The molecule has 4 aromatic rings. The van der Waals surface area contributed by atoms with Crippen LogP contribution in [0.3, 0.4) is 0 Å². The lowest BCUT2D eigenvalue weighted by Gasteiger charge is -2.15. The van der Waals surface area contributed by atoms with E-state index in [-0.39, 0.29) is 30.5 Å². The minimum absolute atomic E-state index is 0.0924. The van der Waals surface area contributed by atoms with Gasteiger partial charge in [-0.25, -0.2) is 9.97 Å². The fourth-order valence-electron chi connectivity index (χ4n) is 3.56. The third kappa shape index (κ3) is 4.29. The first kappa shape index (κ1) is 21.0. The van der Waals surface area contributed by atoms with Crippen LogP contribution >= 0.6 is 11.3 Å². The molecule has 0 radical (unpaired) electrons. The van der Waals surface area contributed by atoms with Crippen molar-refractivity contribution in [2.24, 2.45) is 0 Å². The number of aryl methyl sites for hydroxylation is 3. The first-order valence-electron chi connectivity index (χ1n) is 10.3. The maximum atomic E-state index is 12.8. The number of rotatable bonds is 7. The number of carbonyl (C=O) groups excluding carboxylic acids is 1. The summed E-state index contributed by atoms with van der Waals surface area (Å²) in [6.07, 6.45) is 4.21. The van der Waals surface area contributed by atoms with Gasteiger partial charge in [0.1, 0.15) is 10.7 Å². The zero-order valence-corrected chi connectivity index (χ0v) is 18.6. The highest BCUT2D eigenvalue weighted by molar-refractivity contribution is 7.18. The molecule has 7 nitrogen and oxygen atoms in total. The lowest BCUT2D eigenvalue weighted by molar-refractivity contribution is -0.122. The van der Waals surface area contributed by atoms with E-state index in [9.17, 15) is 9.59 Å². The summed E-state index contributed by atoms with van der Waals surface area (Å²) in [6.45, 7) is 6.21. The van der Waals surface area contributed by atoms with E-state index in [1.807, 2.05) is 51.1 Å². The summed E-state index contributed by atoms with van der Waals surface area (Å²) in [5.41, 5.74) is 2.83. The highest BCUT2D eigenvalue weighted by Crippen LogP contribution is 2.25. The number of nitrogens with one attached hydrogen (secondary N) is 2. The second kappa shape index (κ2) is 8.85. The van der Waals surface area contributed by atoms with Gasteiger partial charge in [-0.05, 0) is 31.4 Å². The molecule has 160 valence electrons. The Balaban J connectivity index is 1.43. The number of hydrogen-bond acceptors (Lipinski definition) is 5. The smallest absolute Gasteiger partial charge is 0.262 e. The molecule has 8 heteroatoms. The Bertz CT molecular complexity index is 1270. The maximum Gasteiger partial charge on any atom is 0.262 e. The molecule has 1 atom stereocenters. The summed E-state index contributed by atoms with van der Waals surface area (Å²) >= 11 is 1.52. The van der Waals surface area contributed by atoms with Crippen molar-refractivity contribution in [1.29, 1.82) is 0 Å². The van der Waals surface area contributed by atoms with Gasteiger partial charge >= 0.3 is 0 Å². The summed E-state index contributed by atoms with van der Waals surface area (Å²) in [5.74, 6) is 0.592. The van der Waals surface area contributed by atoms with Gasteiger partial charge in [0.15, 0.2) is 0 Å². The molecule has 0 fully saturated rings. The average molecular weight is 436 g/mol. The number of amides is 1. The largest absolute Gasteiger partial charge is 0.346 e. The molecule has 0 saturated carbocycles. The average Bonchev–Trinajstić information content (AvgIpc) is 3.38. The van der Waals surface area contributed by atoms with E-state index in [0.717, 1.165) is 32.4 Å². The third-order valence-electron chi connectivity index (χ3n) is 5.49. The Labute approximate surface area is 184 Å². The van der Waals surface area contributed by atoms with Gasteiger partial charge in [-0.15, -0.1) is 11.3 Å². The summed E-state index contributed by atoms with van der Waals surface area (Å²) in [6, 6.07) is 9.72. The maximum absolute atomic E-state index is 12.8. The van der Waals surface area contributed by atoms with Crippen LogP contribution in [-0.2, 0) is 11.3 Å². The van der Waals surface area contributed by atoms with Crippen molar-refractivity contribution in [2.75, 3.05) is 0 Å². The second-order valence-electron chi connectivity index (χ2n) is 7.53. The van der Waals surface area contributed by atoms with Crippen LogP contribution in [0, 0.1) is 13.8 Å². The molecular formula is C23H25N5O2S. The predicted octanol–water partition coefficient (Wildman–Crippen LogP) is 4.12. The molecule has 0 spiro atoms. The van der Waals surface area contributed by atoms with Crippen molar-refractivity contribution >= 4 is 27.5 Å². The van der Waals surface area contributed by atoms with Gasteiger partial charge < -0.3 is 10.3 Å². The Morgan fingerprint density at radius 1 is 1.23 bits per heavy atom. The molecule has 1 aromatic carbocycles. The molecule has 3 aromatic heterocycles. The van der Waals surface area contributed by atoms with Gasteiger partial charge in [0, 0.05) is 17.8 Å². The van der Waals surface area contributed by atoms with Crippen LogP contribution in [0.1, 0.15) is 42.1 Å². The molecule has 1 amide bonds. The quantitative estimate of drug-likeness (QED) is 0.457. The van der Waals surface area contributed by atoms with Crippen LogP contribution in [0.5, 0.6) is 0 Å². The Morgan fingerprint density at radius 3 is 2.74 bits per heavy atom. The number of nitrogens with zero attached hydrogens (tertiary/aromatic N) is 3. The van der Waals surface area contributed by atoms with Crippen LogP contribution in [0.25, 0.3) is 21.5 Å². The first-order valence-corrected chi connectivity index (χ1v) is 11.1. The van der Waals surface area contributed by atoms with E-state index in [2.05, 4.69) is 20.3 Å². The molecule has 0 aliphatic carbocycles. The topological polar surface area (TPSA) is 92.7 Å². The van der Waals surface area contributed by atoms with Crippen molar-refractivity contribution in [3.63, 3.8) is 0 Å². The normalized spacial score (nSPS) is 12.2. The van der Waals surface area contributed by atoms with Crippen LogP contribution in [-0.4, -0.2) is 25.4 Å². The van der Waals surface area contributed by atoms with E-state index < -0.39 is 0 Å². The Hall–Kier alpha value is -3.26. The zero-order chi connectivity index (χ0) is 22.0. The highest BCUT2D eigenvalue weighted by atomic mass is 32.1. The molecule has 3 heterocycles. The number of hydrogen-bond donors (Lipinski definition) is 2. The Morgan fingerprint density at radius 2 is 2.00 bits per heavy atom. The van der Waals surface area contributed by atoms with Crippen LogP contribution < -0.4 is 10.9 Å². The molecule has 0 aliphatic heterocycles. The van der Waals surface area contributed by atoms with Crippen LogP contribution in [0.2, 0.25) is 0 Å². The minimum Gasteiger partial charge on any atom is -0.346 e. The molecular weight excluding hydrogens is 410 g/mol. The van der Waals surface area contributed by atoms with Crippen LogP contribution in [0.15, 0.2) is 47.7 Å². The van der Waals surface area contributed by atoms with Crippen molar-refractivity contribution in [1.82, 2.24) is 24.8 Å². The van der Waals surface area contributed by atoms with E-state index in [4.69, 9.17) is 0 Å². The summed E-state index contributed by atoms with van der Waals surface area (Å²) in [4.78, 5) is 39.4. The number of thiophene rings is 1. The van der Waals surface area contributed by atoms with Crippen molar-refractivity contribution in [3.8, 4) is 11.3 Å². The van der Waals surface area contributed by atoms with Crippen molar-refractivity contribution in [3.05, 3.63) is 69.5 Å². The number of aromatic amines is 1. The van der Waals surface area contributed by atoms with Gasteiger partial charge in [-0.3, -0.25) is 14.2 Å². The Kier molecular flexibility index (Phi) is 5.99. The molecule has 4 rings (SSSR count). The predicted molar refractivity (Wildman–Crippen MR) is 123 cm³/mol. The SMILES string of the molecule is CCC(NC(=O)CCn1cnc2sc(C)c(C)c2c1=O)c1ncc(-c2ccccc2)[nH]1. The van der Waals surface area contributed by atoms with Gasteiger partial charge in [0.25, 0.3) is 5.56 Å². The zero-order valence-electron chi connectivity index (χ0n) is 17.8. The van der Waals surface area contributed by atoms with Crippen molar-refractivity contribution in [2.45, 2.75) is 46.2 Å². The molecule has 0 bridgehead atoms. The van der Waals surface area contributed by atoms with E-state index in [1.54, 1.807) is 6.20 Å². The number of aromatic nitrogens is 4. The molecule has 0 aliphatic rings. The number of carbonyl (C=O) groups is 1. The molecule has 0 saturated heterocycles. The molecule has 31 heavy (non-hydrogen) atoms. The highest BCUT2D eigenvalue weighted by Gasteiger charge is 2.17. The van der Waals surface area contributed by atoms with E-state index >= 15 is 0 Å². The van der Waals surface area contributed by atoms with Crippen LogP contribution in [0.4, 0.5) is 0 Å². The second-order valence-corrected chi connectivity index (χ2v) is 8.74. The number of fused-ring (bicyclic) bond motifs is 1. The summed E-state index contributed by atoms with van der Waals surface area (Å²) in [7, 11) is 0. The minimum atomic E-state index is -0.218. The lowest BCUT2D eigenvalue weighted by Crippen LogP contribution is -2.31. The number of imidazole rings is 1. The van der Waals surface area contributed by atoms with Gasteiger partial charge in [0.2, 0.25) is 5.91 Å². The summed E-state index contributed by atoms with van der Waals surface area (Å²) in [5, 5.41) is 3.68. The summed E-state index contributed by atoms with van der Waals surface area (Å²) < 4.78 is 1.52. The van der Waals surface area contributed by atoms with E-state index in [1.165, 1.54) is 22.2 Å². The third-order valence-corrected chi connectivity index (χ3v) is 6.60. The number of benzene rings is 1.